The van der Waals surface area contributed by atoms with Crippen molar-refractivity contribution in [1.82, 2.24) is 15.1 Å². The highest BCUT2D eigenvalue weighted by molar-refractivity contribution is 6.32. The third kappa shape index (κ3) is 2.16. The highest BCUT2D eigenvalue weighted by Gasteiger charge is 2.26. The van der Waals surface area contributed by atoms with Crippen LogP contribution in [0.5, 0.6) is 0 Å². The number of nitrogens with zero attached hydrogens (tertiary/aromatic N) is 2. The Morgan fingerprint density at radius 3 is 2.94 bits per heavy atom. The van der Waals surface area contributed by atoms with E-state index in [4.69, 9.17) is 11.6 Å². The van der Waals surface area contributed by atoms with Crippen LogP contribution >= 0.6 is 11.6 Å². The molecule has 0 amide bonds. The molecule has 1 saturated carbocycles. The first-order valence-electron chi connectivity index (χ1n) is 6.27. The molecule has 0 spiro atoms. The molecule has 1 heterocycles. The number of para-hydroxylation sites is 1. The quantitative estimate of drug-likeness (QED) is 0.917. The smallest absolute Gasteiger partial charge is 0.0876 e. The Morgan fingerprint density at radius 2 is 2.22 bits per heavy atom. The standard InChI is InChI=1S/C14H16ClN3/c1-16-9-11-3-2-4-12(15)14(11)18-8-7-13(17-18)10-5-6-10/h2-4,7-8,10,16H,5-6,9H2,1H3. The normalized spacial score (nSPS) is 15.0. The summed E-state index contributed by atoms with van der Waals surface area (Å²) in [4.78, 5) is 0. The second-order valence-electron chi connectivity index (χ2n) is 4.74. The molecule has 18 heavy (non-hydrogen) atoms. The second-order valence-corrected chi connectivity index (χ2v) is 5.14. The number of nitrogens with one attached hydrogen (secondary N) is 1. The second kappa shape index (κ2) is 4.75. The summed E-state index contributed by atoms with van der Waals surface area (Å²) < 4.78 is 1.91. The van der Waals surface area contributed by atoms with Gasteiger partial charge < -0.3 is 5.32 Å². The molecular formula is C14H16ClN3. The Bertz CT molecular complexity index is 558. The maximum absolute atomic E-state index is 6.32. The van der Waals surface area contributed by atoms with Crippen LogP contribution in [0.1, 0.15) is 30.0 Å². The van der Waals surface area contributed by atoms with E-state index in [-0.39, 0.29) is 0 Å². The highest BCUT2D eigenvalue weighted by Crippen LogP contribution is 2.39. The molecular weight excluding hydrogens is 246 g/mol. The van der Waals surface area contributed by atoms with E-state index in [0.29, 0.717) is 5.92 Å². The fraction of sp³-hybridized carbons (Fsp3) is 0.357. The minimum absolute atomic E-state index is 0.668. The summed E-state index contributed by atoms with van der Waals surface area (Å²) >= 11 is 6.32. The monoisotopic (exact) mass is 261 g/mol. The Labute approximate surface area is 112 Å². The van der Waals surface area contributed by atoms with Gasteiger partial charge in [-0.05, 0) is 37.6 Å². The average molecular weight is 262 g/mol. The lowest BCUT2D eigenvalue weighted by atomic mass is 10.2. The molecule has 1 aromatic carbocycles. The number of aromatic nitrogens is 2. The van der Waals surface area contributed by atoms with Crippen LogP contribution in [-0.2, 0) is 6.54 Å². The number of halogens is 1. The van der Waals surface area contributed by atoms with Gasteiger partial charge in [-0.1, -0.05) is 23.7 Å². The van der Waals surface area contributed by atoms with Crippen LogP contribution < -0.4 is 5.32 Å². The summed E-state index contributed by atoms with van der Waals surface area (Å²) in [5, 5.41) is 8.56. The topological polar surface area (TPSA) is 29.9 Å². The average Bonchev–Trinajstić information content (AvgIpc) is 3.10. The molecule has 2 aromatic rings. The third-order valence-electron chi connectivity index (χ3n) is 3.27. The van der Waals surface area contributed by atoms with Crippen molar-refractivity contribution in [2.75, 3.05) is 7.05 Å². The fourth-order valence-electron chi connectivity index (χ4n) is 2.21. The minimum Gasteiger partial charge on any atom is -0.316 e. The summed E-state index contributed by atoms with van der Waals surface area (Å²) in [7, 11) is 1.93. The van der Waals surface area contributed by atoms with E-state index in [9.17, 15) is 0 Å². The molecule has 94 valence electrons. The predicted octanol–water partition coefficient (Wildman–Crippen LogP) is 3.12. The van der Waals surface area contributed by atoms with Gasteiger partial charge in [0.25, 0.3) is 0 Å². The number of hydrogen-bond donors (Lipinski definition) is 1. The molecule has 0 aliphatic heterocycles. The summed E-state index contributed by atoms with van der Waals surface area (Å²) in [6.07, 6.45) is 4.54. The SMILES string of the molecule is CNCc1cccc(Cl)c1-n1ccc(C2CC2)n1. The lowest BCUT2D eigenvalue weighted by molar-refractivity contribution is 0.780. The Kier molecular flexibility index (Phi) is 3.10. The molecule has 1 N–H and O–H groups in total. The lowest BCUT2D eigenvalue weighted by Gasteiger charge is -2.11. The molecule has 4 heteroatoms. The van der Waals surface area contributed by atoms with Crippen molar-refractivity contribution in [3.63, 3.8) is 0 Å². The Balaban J connectivity index is 2.02. The summed E-state index contributed by atoms with van der Waals surface area (Å²) in [6, 6.07) is 8.07. The van der Waals surface area contributed by atoms with E-state index in [1.54, 1.807) is 0 Å². The van der Waals surface area contributed by atoms with Crippen molar-refractivity contribution in [2.24, 2.45) is 0 Å². The predicted molar refractivity (Wildman–Crippen MR) is 73.3 cm³/mol. The zero-order chi connectivity index (χ0) is 12.5. The summed E-state index contributed by atoms with van der Waals surface area (Å²) in [5.41, 5.74) is 3.33. The van der Waals surface area contributed by atoms with Gasteiger partial charge in [-0.3, -0.25) is 0 Å². The van der Waals surface area contributed by atoms with Gasteiger partial charge in [0.05, 0.1) is 16.4 Å². The molecule has 0 saturated heterocycles. The molecule has 0 bridgehead atoms. The molecule has 3 nitrogen and oxygen atoms in total. The molecule has 1 aliphatic carbocycles. The summed E-state index contributed by atoms with van der Waals surface area (Å²) in [5.74, 6) is 0.668. The van der Waals surface area contributed by atoms with Gasteiger partial charge in [-0.2, -0.15) is 5.10 Å². The number of rotatable bonds is 4. The molecule has 3 rings (SSSR count). The molecule has 1 aromatic heterocycles. The summed E-state index contributed by atoms with van der Waals surface area (Å²) in [6.45, 7) is 0.786. The number of hydrogen-bond acceptors (Lipinski definition) is 2. The minimum atomic E-state index is 0.668. The van der Waals surface area contributed by atoms with Crippen molar-refractivity contribution in [2.45, 2.75) is 25.3 Å². The van der Waals surface area contributed by atoms with Crippen molar-refractivity contribution >= 4 is 11.6 Å². The molecule has 0 atom stereocenters. The van der Waals surface area contributed by atoms with Gasteiger partial charge in [0.2, 0.25) is 0 Å². The maximum Gasteiger partial charge on any atom is 0.0876 e. The zero-order valence-electron chi connectivity index (χ0n) is 10.4. The van der Waals surface area contributed by atoms with Gasteiger partial charge >= 0.3 is 0 Å². The van der Waals surface area contributed by atoms with Crippen LogP contribution in [0.4, 0.5) is 0 Å². The first kappa shape index (κ1) is 11.8. The van der Waals surface area contributed by atoms with E-state index in [2.05, 4.69) is 22.5 Å². The zero-order valence-corrected chi connectivity index (χ0v) is 11.1. The van der Waals surface area contributed by atoms with E-state index in [1.165, 1.54) is 18.5 Å². The van der Waals surface area contributed by atoms with Crippen molar-refractivity contribution < 1.29 is 0 Å². The molecule has 0 unspecified atom stereocenters. The molecule has 0 radical (unpaired) electrons. The first-order chi connectivity index (χ1) is 8.79. The van der Waals surface area contributed by atoms with Gasteiger partial charge in [-0.15, -0.1) is 0 Å². The largest absolute Gasteiger partial charge is 0.316 e. The van der Waals surface area contributed by atoms with Gasteiger partial charge in [0.1, 0.15) is 0 Å². The molecule has 1 aliphatic rings. The Hall–Kier alpha value is -1.32. The first-order valence-corrected chi connectivity index (χ1v) is 6.65. The van der Waals surface area contributed by atoms with E-state index < -0.39 is 0 Å². The number of benzene rings is 1. The fourth-order valence-corrected chi connectivity index (χ4v) is 2.49. The van der Waals surface area contributed by atoms with E-state index >= 15 is 0 Å². The van der Waals surface area contributed by atoms with Crippen LogP contribution in [0.25, 0.3) is 5.69 Å². The third-order valence-corrected chi connectivity index (χ3v) is 3.58. The van der Waals surface area contributed by atoms with E-state index in [0.717, 1.165) is 22.8 Å². The van der Waals surface area contributed by atoms with Crippen molar-refractivity contribution in [3.8, 4) is 5.69 Å². The van der Waals surface area contributed by atoms with Crippen LogP contribution in [0.3, 0.4) is 0 Å². The maximum atomic E-state index is 6.32. The highest BCUT2D eigenvalue weighted by atomic mass is 35.5. The van der Waals surface area contributed by atoms with Crippen LogP contribution in [0.15, 0.2) is 30.5 Å². The van der Waals surface area contributed by atoms with Gasteiger partial charge in [0, 0.05) is 18.7 Å². The van der Waals surface area contributed by atoms with Crippen LogP contribution in [0, 0.1) is 0 Å². The van der Waals surface area contributed by atoms with Gasteiger partial charge in [-0.25, -0.2) is 4.68 Å². The lowest BCUT2D eigenvalue weighted by Crippen LogP contribution is -2.10. The van der Waals surface area contributed by atoms with Crippen LogP contribution in [-0.4, -0.2) is 16.8 Å². The Morgan fingerprint density at radius 1 is 1.39 bits per heavy atom. The molecule has 1 fully saturated rings. The van der Waals surface area contributed by atoms with E-state index in [1.807, 2.05) is 30.1 Å². The van der Waals surface area contributed by atoms with Crippen LogP contribution in [0.2, 0.25) is 5.02 Å². The van der Waals surface area contributed by atoms with Gasteiger partial charge in [0.15, 0.2) is 0 Å². The van der Waals surface area contributed by atoms with Crippen molar-refractivity contribution in [3.05, 3.63) is 46.7 Å². The van der Waals surface area contributed by atoms with Crippen molar-refractivity contribution in [1.29, 1.82) is 0 Å².